The Hall–Kier alpha value is -0.580. The van der Waals surface area contributed by atoms with Crippen LogP contribution in [0.5, 0.6) is 0 Å². The third-order valence-electron chi connectivity index (χ3n) is 2.99. The number of nitrogens with one attached hydrogen (secondary N) is 2. The van der Waals surface area contributed by atoms with Gasteiger partial charge in [-0.1, -0.05) is 23.7 Å². The highest BCUT2D eigenvalue weighted by molar-refractivity contribution is 14.0. The summed E-state index contributed by atoms with van der Waals surface area (Å²) in [4.78, 5) is 6.54. The van der Waals surface area contributed by atoms with E-state index in [2.05, 4.69) is 15.0 Å². The highest BCUT2D eigenvalue weighted by Crippen LogP contribution is 2.11. The van der Waals surface area contributed by atoms with Crippen LogP contribution < -0.4 is 10.0 Å². The number of halogens is 2. The highest BCUT2D eigenvalue weighted by Gasteiger charge is 2.06. The first-order valence-electron chi connectivity index (χ1n) is 7.50. The molecule has 0 aliphatic carbocycles. The zero-order valence-corrected chi connectivity index (χ0v) is 18.2. The lowest BCUT2D eigenvalue weighted by Crippen LogP contribution is -2.38. The molecule has 138 valence electrons. The van der Waals surface area contributed by atoms with Gasteiger partial charge in [-0.25, -0.2) is 13.1 Å². The highest BCUT2D eigenvalue weighted by atomic mass is 127. The van der Waals surface area contributed by atoms with Crippen LogP contribution in [-0.2, 0) is 16.6 Å². The van der Waals surface area contributed by atoms with E-state index >= 15 is 0 Å². The van der Waals surface area contributed by atoms with Crippen LogP contribution in [0.3, 0.4) is 0 Å². The number of hydrogen-bond acceptors (Lipinski definition) is 3. The Morgan fingerprint density at radius 3 is 2.46 bits per heavy atom. The quantitative estimate of drug-likeness (QED) is 0.255. The first-order valence-corrected chi connectivity index (χ1v) is 9.77. The topological polar surface area (TPSA) is 73.8 Å². The van der Waals surface area contributed by atoms with E-state index in [4.69, 9.17) is 11.6 Å². The van der Waals surface area contributed by atoms with Gasteiger partial charge in [-0.15, -0.1) is 24.0 Å². The fourth-order valence-corrected chi connectivity index (χ4v) is 2.57. The van der Waals surface area contributed by atoms with E-state index in [-0.39, 0.29) is 24.0 Å². The minimum atomic E-state index is -3.13. The van der Waals surface area contributed by atoms with Crippen molar-refractivity contribution in [1.82, 2.24) is 14.9 Å². The molecule has 1 aromatic carbocycles. The number of guanidine groups is 1. The second-order valence-corrected chi connectivity index (χ2v) is 7.51. The van der Waals surface area contributed by atoms with Crippen molar-refractivity contribution in [3.63, 3.8) is 0 Å². The van der Waals surface area contributed by atoms with Gasteiger partial charge in [0.15, 0.2) is 5.96 Å². The molecule has 0 fully saturated rings. The van der Waals surface area contributed by atoms with Crippen LogP contribution in [-0.4, -0.2) is 52.2 Å². The van der Waals surface area contributed by atoms with Crippen LogP contribution >= 0.6 is 35.6 Å². The van der Waals surface area contributed by atoms with E-state index in [1.807, 2.05) is 43.1 Å². The van der Waals surface area contributed by atoms with Crippen molar-refractivity contribution in [2.45, 2.75) is 19.9 Å². The molecule has 0 unspecified atom stereocenters. The van der Waals surface area contributed by atoms with E-state index < -0.39 is 10.0 Å². The van der Waals surface area contributed by atoms with Crippen LogP contribution in [0.4, 0.5) is 0 Å². The summed E-state index contributed by atoms with van der Waals surface area (Å²) >= 11 is 5.89. The molecule has 0 saturated carbocycles. The maximum atomic E-state index is 11.0. The molecule has 0 heterocycles. The molecule has 6 nitrogen and oxygen atoms in total. The normalized spacial score (nSPS) is 11.8. The van der Waals surface area contributed by atoms with E-state index in [1.54, 1.807) is 0 Å². The molecule has 0 atom stereocenters. The zero-order chi connectivity index (χ0) is 17.3. The van der Waals surface area contributed by atoms with Gasteiger partial charge in [0, 0.05) is 38.2 Å². The van der Waals surface area contributed by atoms with E-state index in [0.29, 0.717) is 26.1 Å². The monoisotopic (exact) mass is 488 g/mol. The van der Waals surface area contributed by atoms with Crippen LogP contribution in [0.1, 0.15) is 18.9 Å². The first-order chi connectivity index (χ1) is 10.8. The van der Waals surface area contributed by atoms with Crippen molar-refractivity contribution in [1.29, 1.82) is 0 Å². The number of sulfonamides is 1. The molecule has 0 radical (unpaired) electrons. The minimum absolute atomic E-state index is 0. The predicted octanol–water partition coefficient (Wildman–Crippen LogP) is 2.29. The predicted molar refractivity (Wildman–Crippen MR) is 112 cm³/mol. The lowest BCUT2D eigenvalue weighted by molar-refractivity contribution is 0.476. The molecule has 0 saturated heterocycles. The molecular formula is C15H26ClIN4O2S. The Bertz CT molecular complexity index is 608. The van der Waals surface area contributed by atoms with Crippen molar-refractivity contribution in [2.24, 2.45) is 4.99 Å². The Morgan fingerprint density at radius 1 is 1.29 bits per heavy atom. The molecule has 2 N–H and O–H groups in total. The first kappa shape index (κ1) is 23.4. The van der Waals surface area contributed by atoms with Gasteiger partial charge in [0.25, 0.3) is 0 Å². The van der Waals surface area contributed by atoms with Crippen LogP contribution in [0.2, 0.25) is 5.02 Å². The maximum absolute atomic E-state index is 11.0. The number of aliphatic imine (C=N–C) groups is 1. The van der Waals surface area contributed by atoms with Gasteiger partial charge in [-0.3, -0.25) is 4.99 Å². The lowest BCUT2D eigenvalue weighted by Gasteiger charge is -2.22. The molecule has 0 aliphatic heterocycles. The zero-order valence-electron chi connectivity index (χ0n) is 14.3. The molecule has 9 heteroatoms. The molecular weight excluding hydrogens is 463 g/mol. The second kappa shape index (κ2) is 11.9. The number of rotatable bonds is 8. The second-order valence-electron chi connectivity index (χ2n) is 5.24. The molecule has 0 aromatic heterocycles. The van der Waals surface area contributed by atoms with Crippen molar-refractivity contribution in [2.75, 3.05) is 32.9 Å². The summed E-state index contributed by atoms with van der Waals surface area (Å²) in [6, 6.07) is 7.70. The van der Waals surface area contributed by atoms with Crippen molar-refractivity contribution < 1.29 is 8.42 Å². The van der Waals surface area contributed by atoms with Crippen molar-refractivity contribution >= 4 is 51.6 Å². The average Bonchev–Trinajstić information content (AvgIpc) is 2.47. The number of nitrogens with zero attached hydrogens (tertiary/aromatic N) is 2. The third kappa shape index (κ3) is 10.3. The molecule has 0 bridgehead atoms. The summed E-state index contributed by atoms with van der Waals surface area (Å²) in [5.74, 6) is 0.793. The van der Waals surface area contributed by atoms with Crippen molar-refractivity contribution in [3.05, 3.63) is 34.9 Å². The van der Waals surface area contributed by atoms with E-state index in [0.717, 1.165) is 29.3 Å². The smallest absolute Gasteiger partial charge is 0.208 e. The van der Waals surface area contributed by atoms with Gasteiger partial charge in [0.1, 0.15) is 0 Å². The van der Waals surface area contributed by atoms with Gasteiger partial charge in [-0.2, -0.15) is 0 Å². The van der Waals surface area contributed by atoms with Gasteiger partial charge in [-0.05, 0) is 31.0 Å². The van der Waals surface area contributed by atoms with E-state index in [9.17, 15) is 8.42 Å². The Kier molecular flexibility index (Phi) is 11.6. The minimum Gasteiger partial charge on any atom is -0.357 e. The van der Waals surface area contributed by atoms with Gasteiger partial charge < -0.3 is 10.2 Å². The molecule has 0 aliphatic rings. The molecule has 1 aromatic rings. The Morgan fingerprint density at radius 2 is 1.92 bits per heavy atom. The standard InChI is InChI=1S/C15H25ClN4O2S.HI/c1-4-17-15(18-10-5-11-19-23(3,21)22)20(2)12-13-6-8-14(16)9-7-13;/h6-9,19H,4-5,10-12H2,1-3H3,(H,17,18);1H. The average molecular weight is 489 g/mol. The van der Waals surface area contributed by atoms with Gasteiger partial charge in [0.2, 0.25) is 10.0 Å². The summed E-state index contributed by atoms with van der Waals surface area (Å²) in [5, 5.41) is 3.95. The largest absolute Gasteiger partial charge is 0.357 e. The van der Waals surface area contributed by atoms with Crippen LogP contribution in [0.15, 0.2) is 29.3 Å². The summed E-state index contributed by atoms with van der Waals surface area (Å²) in [7, 11) is -1.17. The SMILES string of the molecule is CCNC(=NCCCNS(C)(=O)=O)N(C)Cc1ccc(Cl)cc1.I. The molecule has 0 spiro atoms. The summed E-state index contributed by atoms with van der Waals surface area (Å²) in [6.07, 6.45) is 1.80. The fraction of sp³-hybridized carbons (Fsp3) is 0.533. The Labute approximate surface area is 167 Å². The maximum Gasteiger partial charge on any atom is 0.208 e. The van der Waals surface area contributed by atoms with Gasteiger partial charge >= 0.3 is 0 Å². The lowest BCUT2D eigenvalue weighted by atomic mass is 10.2. The molecule has 1 rings (SSSR count). The van der Waals surface area contributed by atoms with Gasteiger partial charge in [0.05, 0.1) is 6.26 Å². The van der Waals surface area contributed by atoms with Crippen LogP contribution in [0.25, 0.3) is 0 Å². The Balaban J connectivity index is 0.00000529. The molecule has 0 amide bonds. The fourth-order valence-electron chi connectivity index (χ4n) is 1.93. The van der Waals surface area contributed by atoms with Crippen LogP contribution in [0, 0.1) is 0 Å². The summed E-state index contributed by atoms with van der Waals surface area (Å²) < 4.78 is 24.4. The number of benzene rings is 1. The third-order valence-corrected chi connectivity index (χ3v) is 3.97. The van der Waals surface area contributed by atoms with E-state index in [1.165, 1.54) is 0 Å². The molecule has 24 heavy (non-hydrogen) atoms. The summed E-state index contributed by atoms with van der Waals surface area (Å²) in [5.41, 5.74) is 1.14. The summed E-state index contributed by atoms with van der Waals surface area (Å²) in [6.45, 7) is 4.44. The number of hydrogen-bond donors (Lipinski definition) is 2. The van der Waals surface area contributed by atoms with Crippen molar-refractivity contribution in [3.8, 4) is 0 Å².